The van der Waals surface area contributed by atoms with E-state index in [-0.39, 0.29) is 36.4 Å². The molecule has 0 unspecified atom stereocenters. The fraction of sp³-hybridized carbons (Fsp3) is 0.171. The fourth-order valence-corrected chi connectivity index (χ4v) is 5.67. The molecule has 302 valence electrons. The van der Waals surface area contributed by atoms with E-state index in [1.54, 1.807) is 0 Å². The first kappa shape index (κ1) is 42.2. The Morgan fingerprint density at radius 1 is 0.526 bits per heavy atom. The Morgan fingerprint density at radius 2 is 0.842 bits per heavy atom. The first-order valence-electron chi connectivity index (χ1n) is 15.5. The third-order valence-electron chi connectivity index (χ3n) is 8.54. The van der Waals surface area contributed by atoms with Crippen LogP contribution >= 0.6 is 0 Å². The van der Waals surface area contributed by atoms with Crippen LogP contribution in [0.3, 0.4) is 0 Å². The second-order valence-electron chi connectivity index (χ2n) is 12.0. The number of hydrogen-bond acceptors (Lipinski definition) is 22. The highest BCUT2D eigenvalue weighted by Crippen LogP contribution is 2.47. The molecule has 57 heavy (non-hydrogen) atoms. The molecule has 15 N–H and O–H groups in total. The highest BCUT2D eigenvalue weighted by Gasteiger charge is 2.74. The number of Topliss-reactive ketones (excluding diaryl/α,β-unsaturated/α-hetero) is 4. The quantitative estimate of drug-likeness (QED) is 0.0248. The molecule has 0 aromatic heterocycles. The number of phenolic OH excluding ortho intramolecular Hbond substituents is 12. The molecule has 0 spiro atoms. The van der Waals surface area contributed by atoms with Crippen LogP contribution in [0.25, 0.3) is 0 Å². The summed E-state index contributed by atoms with van der Waals surface area (Å²) in [6.45, 7) is -1.63. The summed E-state index contributed by atoms with van der Waals surface area (Å²) < 4.78 is 10.7. The molecule has 0 bridgehead atoms. The van der Waals surface area contributed by atoms with Gasteiger partial charge in [0.05, 0.1) is 12.2 Å². The number of aromatic hydroxyl groups is 12. The Kier molecular flexibility index (Phi) is 11.3. The van der Waals surface area contributed by atoms with Crippen LogP contribution in [0, 0.1) is 0 Å². The van der Waals surface area contributed by atoms with Gasteiger partial charge in [-0.3, -0.25) is 19.2 Å². The number of hydrogen-bond donors (Lipinski definition) is 15. The number of carbonyl (C=O) groups excluding carboxylic acids is 5. The predicted octanol–water partition coefficient (Wildman–Crippen LogP) is -0.634. The average molecular weight is 803 g/mol. The molecule has 0 heterocycles. The number of phenols is 12. The Hall–Kier alpha value is -7.53. The van der Waals surface area contributed by atoms with Crippen molar-refractivity contribution >= 4 is 29.1 Å². The minimum atomic E-state index is -4.66. The number of carbonyl (C=O) groups is 5. The highest BCUT2D eigenvalue weighted by atomic mass is 16.6. The summed E-state index contributed by atoms with van der Waals surface area (Å²) >= 11 is 0. The average Bonchev–Trinajstić information content (AvgIpc) is 3.17. The second-order valence-corrected chi connectivity index (χ2v) is 12.0. The molecule has 0 saturated carbocycles. The van der Waals surface area contributed by atoms with Gasteiger partial charge in [-0.25, -0.2) is 4.79 Å². The zero-order chi connectivity index (χ0) is 43.1. The molecule has 0 fully saturated rings. The maximum Gasteiger partial charge on any atom is 0.340 e. The van der Waals surface area contributed by atoms with Crippen molar-refractivity contribution in [2.24, 2.45) is 0 Å². The largest absolute Gasteiger partial charge is 0.504 e. The van der Waals surface area contributed by atoms with Gasteiger partial charge in [0.2, 0.25) is 23.0 Å². The van der Waals surface area contributed by atoms with Crippen molar-refractivity contribution in [3.05, 3.63) is 70.8 Å². The van der Waals surface area contributed by atoms with Crippen LogP contribution in [0.1, 0.15) is 41.4 Å². The van der Waals surface area contributed by atoms with Crippen molar-refractivity contribution in [3.63, 3.8) is 0 Å². The molecule has 22 heteroatoms. The molecule has 22 nitrogen and oxygen atoms in total. The number of ether oxygens (including phenoxy) is 2. The second kappa shape index (κ2) is 15.3. The summed E-state index contributed by atoms with van der Waals surface area (Å²) in [6, 6.07) is 2.24. The third-order valence-corrected chi connectivity index (χ3v) is 8.54. The highest BCUT2D eigenvalue weighted by molar-refractivity contribution is 6.52. The maximum absolute atomic E-state index is 15.1. The van der Waals surface area contributed by atoms with Gasteiger partial charge in [-0.15, -0.1) is 0 Å². The van der Waals surface area contributed by atoms with Gasteiger partial charge >= 0.3 is 5.97 Å². The van der Waals surface area contributed by atoms with E-state index in [1.165, 1.54) is 0 Å². The topological polar surface area (TPSA) is 407 Å². The summed E-state index contributed by atoms with van der Waals surface area (Å²) in [5, 5.41) is 154. The molecule has 0 saturated heterocycles. The van der Waals surface area contributed by atoms with Crippen LogP contribution in [-0.2, 0) is 14.3 Å². The normalized spacial score (nSPS) is 14.4. The van der Waals surface area contributed by atoms with Gasteiger partial charge in [0.25, 0.3) is 11.4 Å². The first-order valence-corrected chi connectivity index (χ1v) is 15.5. The first-order chi connectivity index (χ1) is 26.5. The van der Waals surface area contributed by atoms with Crippen LogP contribution in [0.15, 0.2) is 48.5 Å². The van der Waals surface area contributed by atoms with E-state index in [9.17, 15) is 91.0 Å². The minimum absolute atomic E-state index is 0.228. The Labute approximate surface area is 316 Å². The van der Waals surface area contributed by atoms with E-state index >= 15 is 9.59 Å². The van der Waals surface area contributed by atoms with Crippen LogP contribution in [-0.4, -0.2) is 143 Å². The van der Waals surface area contributed by atoms with Crippen molar-refractivity contribution in [1.29, 1.82) is 0 Å². The monoisotopic (exact) mass is 802 g/mol. The molecule has 4 atom stereocenters. The number of benzene rings is 4. The molecule has 0 amide bonds. The molecular weight excluding hydrogens is 772 g/mol. The van der Waals surface area contributed by atoms with Crippen LogP contribution in [0.4, 0.5) is 0 Å². The molecule has 0 aliphatic rings. The van der Waals surface area contributed by atoms with E-state index in [0.29, 0.717) is 19.2 Å². The molecule has 4 rings (SSSR count). The molecule has 4 aromatic carbocycles. The van der Waals surface area contributed by atoms with Gasteiger partial charge in [-0.1, -0.05) is 0 Å². The summed E-state index contributed by atoms with van der Waals surface area (Å²) in [7, 11) is 0.362. The SMILES string of the molecule is CO[C@@](C(=O)c1cc(O)c(O)c(O)c1)([C@H](O)[C@H](O)CO)[C@@](OC(=O)c1cc(O)c(O)c(O)c1)(C(=O)C(=O)c1cc(O)c(O)c(O)c1)C(=O)c1cc(O)c(O)c(O)c1. The third kappa shape index (κ3) is 6.87. The van der Waals surface area contributed by atoms with Crippen molar-refractivity contribution in [1.82, 2.24) is 0 Å². The Balaban J connectivity index is 2.32. The van der Waals surface area contributed by atoms with E-state index in [4.69, 9.17) is 9.47 Å². The van der Waals surface area contributed by atoms with Crippen molar-refractivity contribution in [2.75, 3.05) is 13.7 Å². The van der Waals surface area contributed by atoms with Crippen molar-refractivity contribution in [2.45, 2.75) is 23.4 Å². The number of aliphatic hydroxyl groups excluding tert-OH is 3. The van der Waals surface area contributed by atoms with Crippen LogP contribution in [0.5, 0.6) is 69.0 Å². The zero-order valence-electron chi connectivity index (χ0n) is 28.5. The molecule has 4 aromatic rings. The van der Waals surface area contributed by atoms with Gasteiger partial charge in [-0.05, 0) is 48.5 Å². The van der Waals surface area contributed by atoms with E-state index < -0.39 is 150 Å². The lowest BCUT2D eigenvalue weighted by molar-refractivity contribution is -0.196. The van der Waals surface area contributed by atoms with Gasteiger partial charge in [0.15, 0.2) is 69.0 Å². The number of methoxy groups -OCH3 is 1. The van der Waals surface area contributed by atoms with E-state index in [0.717, 1.165) is 0 Å². The van der Waals surface area contributed by atoms with E-state index in [2.05, 4.69) is 0 Å². The fourth-order valence-electron chi connectivity index (χ4n) is 5.67. The minimum Gasteiger partial charge on any atom is -0.504 e. The lowest BCUT2D eigenvalue weighted by Gasteiger charge is -2.47. The van der Waals surface area contributed by atoms with Crippen LogP contribution in [0.2, 0.25) is 0 Å². The number of esters is 1. The standard InChI is InChI=1S/C35H30O22/c1-56-34(31(53)23(45)10-36,29(51)12-4-17(39)26(48)18(40)5-12)35(30(52)13-6-19(41)27(49)20(42)7-13,57-33(55)14-8-21(43)28(50)22(44)9-14)32(54)24(46)11-2-15(37)25(47)16(38)3-11/h2-9,23,31,36-45,47-50,53H,10H2,1H3/t23-,31-,34+,35+/m1/s1. The zero-order valence-corrected chi connectivity index (χ0v) is 28.5. The Bertz CT molecular complexity index is 2240. The van der Waals surface area contributed by atoms with Gasteiger partial charge in [0.1, 0.15) is 12.2 Å². The lowest BCUT2D eigenvalue weighted by atomic mass is 9.65. The van der Waals surface area contributed by atoms with E-state index in [1.807, 2.05) is 0 Å². The van der Waals surface area contributed by atoms with Crippen molar-refractivity contribution in [3.8, 4) is 69.0 Å². The lowest BCUT2D eigenvalue weighted by Crippen LogP contribution is -2.77. The number of rotatable bonds is 14. The summed E-state index contributed by atoms with van der Waals surface area (Å²) in [5.74, 6) is -27.3. The number of ketones is 4. The Morgan fingerprint density at radius 3 is 1.18 bits per heavy atom. The van der Waals surface area contributed by atoms with Gasteiger partial charge in [-0.2, -0.15) is 0 Å². The summed E-state index contributed by atoms with van der Waals surface area (Å²) in [6.07, 6.45) is -6.15. The predicted molar refractivity (Wildman–Crippen MR) is 181 cm³/mol. The molecular formula is C35H30O22. The maximum atomic E-state index is 15.1. The summed E-state index contributed by atoms with van der Waals surface area (Å²) in [4.78, 5) is 73.3. The van der Waals surface area contributed by atoms with Gasteiger partial charge in [0, 0.05) is 23.8 Å². The van der Waals surface area contributed by atoms with Crippen molar-refractivity contribution < 1.29 is 110 Å². The molecule has 0 aliphatic carbocycles. The molecule has 0 radical (unpaired) electrons. The van der Waals surface area contributed by atoms with Crippen LogP contribution < -0.4 is 0 Å². The van der Waals surface area contributed by atoms with Gasteiger partial charge < -0.3 is 86.1 Å². The smallest absolute Gasteiger partial charge is 0.340 e. The summed E-state index contributed by atoms with van der Waals surface area (Å²) in [5.41, 5.74) is -13.9. The number of aliphatic hydroxyl groups is 3. The molecule has 0 aliphatic heterocycles.